The largest absolute Gasteiger partial charge is 0.491 e. The van der Waals surface area contributed by atoms with E-state index in [2.05, 4.69) is 33.9 Å². The molecule has 1 aromatic rings. The van der Waals surface area contributed by atoms with Gasteiger partial charge in [0, 0.05) is 6.07 Å². The number of nitro benzene ring substituents is 1. The van der Waals surface area contributed by atoms with Gasteiger partial charge in [-0.1, -0.05) is 26.8 Å². The number of hydrogen-bond donors (Lipinski definition) is 0. The maximum Gasteiger partial charge on any atom is 0.273 e. The van der Waals surface area contributed by atoms with Gasteiger partial charge in [0.1, 0.15) is 12.4 Å². The molecule has 0 bridgehead atoms. The summed E-state index contributed by atoms with van der Waals surface area (Å²) in [6, 6.07) is 6.22. The molecule has 0 aliphatic carbocycles. The van der Waals surface area contributed by atoms with Crippen LogP contribution in [0, 0.1) is 15.5 Å². The second-order valence-electron chi connectivity index (χ2n) is 5.95. The summed E-state index contributed by atoms with van der Waals surface area (Å²) < 4.78 is 11.6. The van der Waals surface area contributed by atoms with E-state index in [0.29, 0.717) is 12.4 Å². The average Bonchev–Trinajstić information content (AvgIpc) is 2.33. The first-order chi connectivity index (χ1) is 9.20. The number of benzene rings is 1. The minimum absolute atomic E-state index is 0.0338. The van der Waals surface area contributed by atoms with Crippen molar-refractivity contribution in [1.29, 1.82) is 0 Å². The Balaban J connectivity index is 2.72. The molecule has 1 unspecified atom stereocenters. The van der Waals surface area contributed by atoms with Gasteiger partial charge in [-0.3, -0.25) is 10.1 Å². The van der Waals surface area contributed by atoms with Crippen LogP contribution in [0.5, 0.6) is 5.75 Å². The molecule has 1 atom stereocenters. The fourth-order valence-electron chi connectivity index (χ4n) is 1.60. The van der Waals surface area contributed by atoms with Crippen LogP contribution < -0.4 is 4.74 Å². The first-order valence-corrected chi connectivity index (χ1v) is 8.95. The molecule has 20 heavy (non-hydrogen) atoms. The Morgan fingerprint density at radius 1 is 1.35 bits per heavy atom. The van der Waals surface area contributed by atoms with E-state index in [-0.39, 0.29) is 17.2 Å². The van der Waals surface area contributed by atoms with Gasteiger partial charge in [-0.05, 0) is 24.6 Å². The molecule has 0 aliphatic heterocycles. The van der Waals surface area contributed by atoms with Gasteiger partial charge in [0.05, 0.1) is 17.1 Å². The Morgan fingerprint density at radius 3 is 2.50 bits per heavy atom. The highest BCUT2D eigenvalue weighted by molar-refractivity contribution is 6.48. The van der Waals surface area contributed by atoms with E-state index in [9.17, 15) is 10.1 Å². The lowest BCUT2D eigenvalue weighted by Crippen LogP contribution is -2.38. The fourth-order valence-corrected chi connectivity index (χ4v) is 2.59. The number of nitrogens with zero attached hydrogens (tertiary/aromatic N) is 1. The lowest BCUT2D eigenvalue weighted by atomic mass is 9.90. The summed E-state index contributed by atoms with van der Waals surface area (Å²) in [4.78, 5) is 10.3. The van der Waals surface area contributed by atoms with E-state index in [0.717, 1.165) is 0 Å². The van der Waals surface area contributed by atoms with Gasteiger partial charge >= 0.3 is 0 Å². The van der Waals surface area contributed by atoms with Gasteiger partial charge in [-0.2, -0.15) is 0 Å². The van der Waals surface area contributed by atoms with Crippen molar-refractivity contribution >= 4 is 14.7 Å². The van der Waals surface area contributed by atoms with Crippen LogP contribution >= 0.6 is 0 Å². The molecule has 1 radical (unpaired) electrons. The van der Waals surface area contributed by atoms with Crippen molar-refractivity contribution in [2.45, 2.75) is 40.0 Å². The minimum Gasteiger partial charge on any atom is -0.491 e. The standard InChI is InChI=1S/C14H22NO4Si/c1-14(2,3)13(19-20(4)5)10-18-12-8-6-7-11(9-12)15(16)17/h6-9,13H,10H2,1-5H3. The molecular formula is C14H22NO4Si. The second-order valence-corrected chi connectivity index (χ2v) is 8.00. The van der Waals surface area contributed by atoms with Crippen LogP contribution in [-0.4, -0.2) is 26.7 Å². The van der Waals surface area contributed by atoms with Crippen molar-refractivity contribution in [2.75, 3.05) is 6.61 Å². The molecule has 1 rings (SSSR count). The van der Waals surface area contributed by atoms with Crippen LogP contribution in [0.1, 0.15) is 20.8 Å². The summed E-state index contributed by atoms with van der Waals surface area (Å²) in [7, 11) is -0.829. The highest BCUT2D eigenvalue weighted by atomic mass is 28.3. The van der Waals surface area contributed by atoms with Crippen molar-refractivity contribution in [1.82, 2.24) is 0 Å². The molecule has 111 valence electrons. The Morgan fingerprint density at radius 2 is 2.00 bits per heavy atom. The van der Waals surface area contributed by atoms with E-state index in [1.54, 1.807) is 12.1 Å². The molecule has 0 spiro atoms. The number of ether oxygens (including phenoxy) is 1. The van der Waals surface area contributed by atoms with Gasteiger partial charge < -0.3 is 9.16 Å². The molecule has 0 saturated heterocycles. The maximum atomic E-state index is 10.7. The molecule has 0 aromatic heterocycles. The van der Waals surface area contributed by atoms with Gasteiger partial charge in [-0.25, -0.2) is 0 Å². The molecular weight excluding hydrogens is 274 g/mol. The van der Waals surface area contributed by atoms with Gasteiger partial charge in [0.15, 0.2) is 0 Å². The lowest BCUT2D eigenvalue weighted by molar-refractivity contribution is -0.384. The number of non-ortho nitro benzene ring substituents is 1. The molecule has 0 amide bonds. The quantitative estimate of drug-likeness (QED) is 0.456. The molecule has 0 saturated carbocycles. The lowest BCUT2D eigenvalue weighted by Gasteiger charge is -2.32. The molecule has 6 heteroatoms. The van der Waals surface area contributed by atoms with Gasteiger partial charge in [0.25, 0.3) is 5.69 Å². The Labute approximate surface area is 121 Å². The predicted octanol–water partition coefficient (Wildman–Crippen LogP) is 3.66. The van der Waals surface area contributed by atoms with E-state index < -0.39 is 14.0 Å². The van der Waals surface area contributed by atoms with Crippen LogP contribution in [0.3, 0.4) is 0 Å². The predicted molar refractivity (Wildman–Crippen MR) is 80.4 cm³/mol. The minimum atomic E-state index is -0.829. The van der Waals surface area contributed by atoms with E-state index >= 15 is 0 Å². The molecule has 5 nitrogen and oxygen atoms in total. The summed E-state index contributed by atoms with van der Waals surface area (Å²) in [5.74, 6) is 0.498. The summed E-state index contributed by atoms with van der Waals surface area (Å²) in [5.41, 5.74) is -0.00528. The molecule has 0 heterocycles. The van der Waals surface area contributed by atoms with Crippen molar-refractivity contribution in [3.63, 3.8) is 0 Å². The zero-order valence-corrected chi connectivity index (χ0v) is 13.7. The smallest absolute Gasteiger partial charge is 0.273 e. The zero-order valence-electron chi connectivity index (χ0n) is 12.7. The van der Waals surface area contributed by atoms with Gasteiger partial charge in [-0.15, -0.1) is 0 Å². The van der Waals surface area contributed by atoms with E-state index in [4.69, 9.17) is 9.16 Å². The number of nitro groups is 1. The Kier molecular flexibility index (Phi) is 5.70. The van der Waals surface area contributed by atoms with Crippen molar-refractivity contribution in [2.24, 2.45) is 5.41 Å². The van der Waals surface area contributed by atoms with Crippen molar-refractivity contribution < 1.29 is 14.1 Å². The average molecular weight is 296 g/mol. The van der Waals surface area contributed by atoms with Crippen LogP contribution in [-0.2, 0) is 4.43 Å². The Bertz CT molecular complexity index is 457. The summed E-state index contributed by atoms with van der Waals surface area (Å²) in [5, 5.41) is 10.7. The first kappa shape index (κ1) is 16.7. The normalized spacial score (nSPS) is 13.3. The summed E-state index contributed by atoms with van der Waals surface area (Å²) in [6.07, 6.45) is -0.0364. The van der Waals surface area contributed by atoms with E-state index in [1.165, 1.54) is 12.1 Å². The first-order valence-electron chi connectivity index (χ1n) is 6.54. The SMILES string of the molecule is C[Si](C)OC(COc1cccc([N+](=O)[O-])c1)C(C)(C)C. The number of rotatable bonds is 6. The summed E-state index contributed by atoms with van der Waals surface area (Å²) in [6.45, 7) is 10.8. The monoisotopic (exact) mass is 296 g/mol. The van der Waals surface area contributed by atoms with Crippen LogP contribution in [0.25, 0.3) is 0 Å². The highest BCUT2D eigenvalue weighted by Gasteiger charge is 2.27. The molecule has 1 aromatic carbocycles. The molecule has 0 aliphatic rings. The third-order valence-electron chi connectivity index (χ3n) is 2.77. The van der Waals surface area contributed by atoms with E-state index in [1.807, 2.05) is 0 Å². The summed E-state index contributed by atoms with van der Waals surface area (Å²) >= 11 is 0. The van der Waals surface area contributed by atoms with Crippen LogP contribution in [0.2, 0.25) is 13.1 Å². The van der Waals surface area contributed by atoms with Crippen molar-refractivity contribution in [3.05, 3.63) is 34.4 Å². The third kappa shape index (κ3) is 5.30. The number of hydrogen-bond acceptors (Lipinski definition) is 4. The second kappa shape index (κ2) is 6.85. The fraction of sp³-hybridized carbons (Fsp3) is 0.571. The third-order valence-corrected chi connectivity index (χ3v) is 3.53. The maximum absolute atomic E-state index is 10.7. The molecule has 0 N–H and O–H groups in total. The van der Waals surface area contributed by atoms with Crippen molar-refractivity contribution in [3.8, 4) is 5.75 Å². The van der Waals surface area contributed by atoms with Crippen LogP contribution in [0.4, 0.5) is 5.69 Å². The highest BCUT2D eigenvalue weighted by Crippen LogP contribution is 2.25. The van der Waals surface area contributed by atoms with Crippen LogP contribution in [0.15, 0.2) is 24.3 Å². The zero-order chi connectivity index (χ0) is 15.3. The topological polar surface area (TPSA) is 61.6 Å². The Hall–Kier alpha value is -1.40. The molecule has 0 fully saturated rings. The van der Waals surface area contributed by atoms with Gasteiger partial charge in [0.2, 0.25) is 9.04 Å².